The fourth-order valence-electron chi connectivity index (χ4n) is 2.11. The van der Waals surface area contributed by atoms with Crippen molar-refractivity contribution in [2.24, 2.45) is 10.2 Å². The van der Waals surface area contributed by atoms with Crippen LogP contribution >= 0.6 is 0 Å². The standard InChI is InChI=1S/C18H14N3O4/c1-13(22)24-17-5-3-2-4-16(17)18(23)25-15-8-6-14(7-9-15)10-21-11-19-20-12-21/h2-12H,1H3/q+1. The van der Waals surface area contributed by atoms with E-state index in [1.54, 1.807) is 53.7 Å². The molecule has 0 fully saturated rings. The lowest BCUT2D eigenvalue weighted by molar-refractivity contribution is -0.232. The number of hydrogen-bond donors (Lipinski definition) is 0. The summed E-state index contributed by atoms with van der Waals surface area (Å²) in [6.45, 7) is 1.27. The summed E-state index contributed by atoms with van der Waals surface area (Å²) in [4.78, 5) is 23.4. The number of hydrogen-bond acceptors (Lipinski definition) is 6. The quantitative estimate of drug-likeness (QED) is 0.487. The van der Waals surface area contributed by atoms with Crippen LogP contribution in [0.15, 0.2) is 58.7 Å². The van der Waals surface area contributed by atoms with Crippen LogP contribution in [-0.4, -0.2) is 35.4 Å². The molecule has 2 aromatic rings. The van der Waals surface area contributed by atoms with Crippen molar-refractivity contribution >= 4 is 30.8 Å². The summed E-state index contributed by atoms with van der Waals surface area (Å²) in [6.07, 6.45) is 4.96. The van der Waals surface area contributed by atoms with Gasteiger partial charge in [-0.05, 0) is 36.4 Å². The van der Waals surface area contributed by atoms with E-state index >= 15 is 0 Å². The summed E-state index contributed by atoms with van der Waals surface area (Å²) in [5, 5.41) is 7.43. The van der Waals surface area contributed by atoms with Gasteiger partial charge >= 0.3 is 11.9 Å². The second kappa shape index (κ2) is 7.31. The predicted molar refractivity (Wildman–Crippen MR) is 91.6 cm³/mol. The molecule has 1 aliphatic heterocycles. The largest absolute Gasteiger partial charge is 0.426 e. The van der Waals surface area contributed by atoms with Crippen LogP contribution in [0.25, 0.3) is 0 Å². The smallest absolute Gasteiger partial charge is 0.347 e. The van der Waals surface area contributed by atoms with Gasteiger partial charge in [0.15, 0.2) is 0 Å². The summed E-state index contributed by atoms with van der Waals surface area (Å²) < 4.78 is 12.1. The van der Waals surface area contributed by atoms with Crippen LogP contribution < -0.4 is 9.47 Å². The van der Waals surface area contributed by atoms with Crippen LogP contribution in [0.2, 0.25) is 0 Å². The molecule has 0 amide bonds. The summed E-state index contributed by atoms with van der Waals surface area (Å²) in [5.41, 5.74) is 1.07. The molecule has 2 aromatic carbocycles. The van der Waals surface area contributed by atoms with Gasteiger partial charge < -0.3 is 9.47 Å². The van der Waals surface area contributed by atoms with E-state index in [9.17, 15) is 9.59 Å². The molecule has 0 aromatic heterocycles. The van der Waals surface area contributed by atoms with E-state index in [2.05, 4.69) is 10.2 Å². The molecule has 0 bridgehead atoms. The molecular weight excluding hydrogens is 322 g/mol. The molecular formula is C18H14N3O4+. The molecule has 0 spiro atoms. The van der Waals surface area contributed by atoms with Gasteiger partial charge in [0.1, 0.15) is 17.1 Å². The van der Waals surface area contributed by atoms with Crippen LogP contribution in [0, 0.1) is 0 Å². The van der Waals surface area contributed by atoms with Crippen LogP contribution in [0.3, 0.4) is 0 Å². The molecule has 0 unspecified atom stereocenters. The molecule has 1 aliphatic rings. The van der Waals surface area contributed by atoms with Gasteiger partial charge in [-0.3, -0.25) is 4.79 Å². The zero-order valence-corrected chi connectivity index (χ0v) is 13.3. The predicted octanol–water partition coefficient (Wildman–Crippen LogP) is 2.25. The highest BCUT2D eigenvalue weighted by atomic mass is 16.5. The van der Waals surface area contributed by atoms with Crippen molar-refractivity contribution in [2.75, 3.05) is 0 Å². The first-order chi connectivity index (χ1) is 12.1. The average molecular weight is 336 g/mol. The summed E-state index contributed by atoms with van der Waals surface area (Å²) in [6, 6.07) is 13.3. The number of nitrogens with zero attached hydrogens (tertiary/aromatic N) is 3. The molecule has 0 atom stereocenters. The molecule has 0 radical (unpaired) electrons. The van der Waals surface area contributed by atoms with Crippen molar-refractivity contribution in [2.45, 2.75) is 6.92 Å². The minimum absolute atomic E-state index is 0.164. The van der Waals surface area contributed by atoms with Gasteiger partial charge in [0.25, 0.3) is 12.7 Å². The second-order valence-electron chi connectivity index (χ2n) is 5.09. The van der Waals surface area contributed by atoms with E-state index in [0.29, 0.717) is 5.75 Å². The first kappa shape index (κ1) is 16.3. The molecule has 7 nitrogen and oxygen atoms in total. The average Bonchev–Trinajstić information content (AvgIpc) is 3.09. The zero-order chi connectivity index (χ0) is 17.6. The highest BCUT2D eigenvalue weighted by Crippen LogP contribution is 2.21. The van der Waals surface area contributed by atoms with Gasteiger partial charge in [0, 0.05) is 12.5 Å². The topological polar surface area (TPSA) is 80.3 Å². The lowest BCUT2D eigenvalue weighted by atomic mass is 10.2. The van der Waals surface area contributed by atoms with Gasteiger partial charge in [-0.2, -0.15) is 0 Å². The Bertz CT molecular complexity index is 885. The van der Waals surface area contributed by atoms with Gasteiger partial charge in [-0.1, -0.05) is 12.1 Å². The fourth-order valence-corrected chi connectivity index (χ4v) is 2.11. The molecule has 3 rings (SSSR count). The first-order valence-electron chi connectivity index (χ1n) is 7.40. The van der Waals surface area contributed by atoms with Crippen molar-refractivity contribution in [3.8, 4) is 11.5 Å². The number of benzene rings is 2. The second-order valence-corrected chi connectivity index (χ2v) is 5.09. The maximum atomic E-state index is 12.3. The number of ether oxygens (including phenoxy) is 2. The highest BCUT2D eigenvalue weighted by Gasteiger charge is 2.15. The lowest BCUT2D eigenvalue weighted by Gasteiger charge is -2.08. The Balaban J connectivity index is 1.73. The maximum Gasteiger partial charge on any atom is 0.347 e. The van der Waals surface area contributed by atoms with Gasteiger partial charge in [0.05, 0.1) is 16.4 Å². The molecule has 0 saturated carbocycles. The SMILES string of the molecule is CC(=O)Oc1ccccc1C(=O)Oc1ccc(C=[N+]2C=NN=C2)cc1. The molecule has 25 heavy (non-hydrogen) atoms. The van der Waals surface area contributed by atoms with Crippen molar-refractivity contribution in [3.05, 3.63) is 59.7 Å². The van der Waals surface area contributed by atoms with E-state index in [4.69, 9.17) is 9.47 Å². The number of rotatable bonds is 4. The van der Waals surface area contributed by atoms with Gasteiger partial charge in [-0.25, -0.2) is 9.37 Å². The Hall–Kier alpha value is -3.61. The zero-order valence-electron chi connectivity index (χ0n) is 13.3. The van der Waals surface area contributed by atoms with Crippen LogP contribution in [0.4, 0.5) is 0 Å². The molecule has 1 heterocycles. The van der Waals surface area contributed by atoms with E-state index in [-0.39, 0.29) is 11.3 Å². The third kappa shape index (κ3) is 4.23. The normalized spacial score (nSPS) is 12.1. The summed E-state index contributed by atoms with van der Waals surface area (Å²) >= 11 is 0. The minimum Gasteiger partial charge on any atom is -0.426 e. The first-order valence-corrected chi connectivity index (χ1v) is 7.40. The number of para-hydroxylation sites is 1. The van der Waals surface area contributed by atoms with Crippen molar-refractivity contribution < 1.29 is 23.6 Å². The van der Waals surface area contributed by atoms with E-state index in [1.807, 2.05) is 6.21 Å². The molecule has 0 aliphatic carbocycles. The van der Waals surface area contributed by atoms with Crippen LogP contribution in [0.1, 0.15) is 22.8 Å². The third-order valence-corrected chi connectivity index (χ3v) is 3.19. The van der Waals surface area contributed by atoms with Crippen molar-refractivity contribution in [1.29, 1.82) is 0 Å². The highest BCUT2D eigenvalue weighted by molar-refractivity contribution is 5.95. The molecule has 0 N–H and O–H groups in total. The number of carbonyl (C=O) groups excluding carboxylic acids is 2. The number of carbonyl (C=O) groups is 2. The lowest BCUT2D eigenvalue weighted by Crippen LogP contribution is -2.12. The van der Waals surface area contributed by atoms with E-state index in [1.165, 1.54) is 19.1 Å². The molecule has 7 heteroatoms. The van der Waals surface area contributed by atoms with Crippen LogP contribution in [0.5, 0.6) is 11.5 Å². The van der Waals surface area contributed by atoms with E-state index in [0.717, 1.165) is 5.56 Å². The Morgan fingerprint density at radius 1 is 0.960 bits per heavy atom. The van der Waals surface area contributed by atoms with Crippen molar-refractivity contribution in [1.82, 2.24) is 0 Å². The van der Waals surface area contributed by atoms with E-state index < -0.39 is 11.9 Å². The molecule has 124 valence electrons. The third-order valence-electron chi connectivity index (χ3n) is 3.19. The van der Waals surface area contributed by atoms with Crippen LogP contribution in [-0.2, 0) is 4.79 Å². The minimum atomic E-state index is -0.604. The fraction of sp³-hybridized carbons (Fsp3) is 0.0556. The summed E-state index contributed by atoms with van der Waals surface area (Å²) in [7, 11) is 0. The Morgan fingerprint density at radius 3 is 2.32 bits per heavy atom. The Labute approximate surface area is 143 Å². The van der Waals surface area contributed by atoms with Gasteiger partial charge in [-0.15, -0.1) is 0 Å². The monoisotopic (exact) mass is 336 g/mol. The van der Waals surface area contributed by atoms with Crippen molar-refractivity contribution in [3.63, 3.8) is 0 Å². The number of esters is 2. The molecule has 0 saturated heterocycles. The maximum absolute atomic E-state index is 12.3. The Kier molecular flexibility index (Phi) is 4.75. The summed E-state index contributed by atoms with van der Waals surface area (Å²) in [5.74, 6) is -0.567. The Morgan fingerprint density at radius 2 is 1.64 bits per heavy atom. The van der Waals surface area contributed by atoms with Gasteiger partial charge in [0.2, 0.25) is 0 Å².